The second kappa shape index (κ2) is 7.97. The number of benzene rings is 1. The van der Waals surface area contributed by atoms with Gasteiger partial charge in [0.05, 0.1) is 26.4 Å². The summed E-state index contributed by atoms with van der Waals surface area (Å²) in [5, 5.41) is 10.5. The van der Waals surface area contributed by atoms with Gasteiger partial charge in [0.25, 0.3) is 0 Å². The molecule has 7 heteroatoms. The van der Waals surface area contributed by atoms with E-state index in [4.69, 9.17) is 18.5 Å². The van der Waals surface area contributed by atoms with Crippen LogP contribution in [0.25, 0.3) is 0 Å². The summed E-state index contributed by atoms with van der Waals surface area (Å²) in [6, 6.07) is 4.79. The van der Waals surface area contributed by atoms with Crippen LogP contribution in [0.1, 0.15) is 39.1 Å². The molecule has 0 spiro atoms. The molecule has 1 N–H and O–H groups in total. The first kappa shape index (κ1) is 19.0. The zero-order valence-corrected chi connectivity index (χ0v) is 14.8. The van der Waals surface area contributed by atoms with Gasteiger partial charge in [-0.05, 0) is 45.4 Å². The minimum Gasteiger partial charge on any atom is -0.493 e. The fraction of sp³-hybridized carbons (Fsp3) is 0.600. The number of rotatable bonds is 8. The van der Waals surface area contributed by atoms with Crippen molar-refractivity contribution in [3.63, 3.8) is 0 Å². The summed E-state index contributed by atoms with van der Waals surface area (Å²) >= 11 is 0. The zero-order valence-electron chi connectivity index (χ0n) is 13.9. The molecule has 1 aromatic carbocycles. The number of aliphatic hydroxyl groups is 1. The van der Waals surface area contributed by atoms with Crippen LogP contribution in [-0.4, -0.2) is 31.5 Å². The van der Waals surface area contributed by atoms with Crippen LogP contribution in [0.4, 0.5) is 0 Å². The van der Waals surface area contributed by atoms with E-state index >= 15 is 0 Å². The lowest BCUT2D eigenvalue weighted by atomic mass is 10.2. The van der Waals surface area contributed by atoms with Crippen molar-refractivity contribution in [2.24, 2.45) is 0 Å². The average Bonchev–Trinajstić information content (AvgIpc) is 2.43. The lowest BCUT2D eigenvalue weighted by Crippen LogP contribution is -2.13. The van der Waals surface area contributed by atoms with Gasteiger partial charge in [-0.25, -0.2) is 0 Å². The third-order valence-electron chi connectivity index (χ3n) is 2.72. The van der Waals surface area contributed by atoms with Crippen molar-refractivity contribution >= 4 is 7.60 Å². The standard InChI is InChI=1S/C15H25O6P/c1-10(2)20-22(17,21-11(3)4)15(16)12-7-8-13(18-5)14(9-12)19-6/h7-11,15-16H,1-6H3/t15-/m0/s1. The first-order valence-corrected chi connectivity index (χ1v) is 8.71. The minimum atomic E-state index is -3.74. The molecule has 0 aromatic heterocycles. The van der Waals surface area contributed by atoms with Crippen LogP contribution < -0.4 is 9.47 Å². The monoisotopic (exact) mass is 332 g/mol. The molecule has 0 aliphatic carbocycles. The van der Waals surface area contributed by atoms with Gasteiger partial charge in [0.15, 0.2) is 17.3 Å². The average molecular weight is 332 g/mol. The van der Waals surface area contributed by atoms with E-state index in [0.29, 0.717) is 17.1 Å². The molecule has 0 aliphatic heterocycles. The predicted molar refractivity (Wildman–Crippen MR) is 84.6 cm³/mol. The van der Waals surface area contributed by atoms with Crippen LogP contribution in [0.15, 0.2) is 18.2 Å². The van der Waals surface area contributed by atoms with E-state index in [1.807, 2.05) is 0 Å². The largest absolute Gasteiger partial charge is 0.493 e. The van der Waals surface area contributed by atoms with Crippen molar-refractivity contribution in [3.05, 3.63) is 23.8 Å². The SMILES string of the molecule is COc1ccc([C@@H](O)P(=O)(OC(C)C)OC(C)C)cc1OC. The molecule has 1 rings (SSSR count). The highest BCUT2D eigenvalue weighted by Gasteiger charge is 2.38. The van der Waals surface area contributed by atoms with Crippen molar-refractivity contribution in [2.75, 3.05) is 14.2 Å². The van der Waals surface area contributed by atoms with Gasteiger partial charge in [0, 0.05) is 0 Å². The molecular weight excluding hydrogens is 307 g/mol. The van der Waals surface area contributed by atoms with E-state index in [0.717, 1.165) is 0 Å². The highest BCUT2D eigenvalue weighted by molar-refractivity contribution is 7.54. The summed E-state index contributed by atoms with van der Waals surface area (Å²) < 4.78 is 34.1. The Hall–Kier alpha value is -1.07. The Morgan fingerprint density at radius 3 is 1.86 bits per heavy atom. The van der Waals surface area contributed by atoms with Gasteiger partial charge in [-0.1, -0.05) is 6.07 Å². The third kappa shape index (κ3) is 4.71. The third-order valence-corrected chi connectivity index (χ3v) is 5.05. The molecule has 0 saturated carbocycles. The summed E-state index contributed by atoms with van der Waals surface area (Å²) in [5.74, 6) is -0.459. The Balaban J connectivity index is 3.18. The van der Waals surface area contributed by atoms with Crippen LogP contribution in [0.5, 0.6) is 11.5 Å². The highest BCUT2D eigenvalue weighted by Crippen LogP contribution is 2.61. The summed E-state index contributed by atoms with van der Waals surface area (Å²) in [6.45, 7) is 6.94. The van der Waals surface area contributed by atoms with E-state index in [1.54, 1.807) is 45.9 Å². The minimum absolute atomic E-state index is 0.348. The molecule has 0 amide bonds. The van der Waals surface area contributed by atoms with Crippen LogP contribution in [-0.2, 0) is 13.6 Å². The number of aliphatic hydroxyl groups excluding tert-OH is 1. The summed E-state index contributed by atoms with van der Waals surface area (Å²) in [7, 11) is -0.734. The highest BCUT2D eigenvalue weighted by atomic mass is 31.2. The van der Waals surface area contributed by atoms with Gasteiger partial charge in [-0.15, -0.1) is 0 Å². The molecule has 126 valence electrons. The van der Waals surface area contributed by atoms with Gasteiger partial charge < -0.3 is 23.6 Å². The summed E-state index contributed by atoms with van der Waals surface area (Å²) in [4.78, 5) is 0. The van der Waals surface area contributed by atoms with Crippen molar-refractivity contribution in [2.45, 2.75) is 45.7 Å². The first-order chi connectivity index (χ1) is 10.2. The molecule has 0 heterocycles. The zero-order chi connectivity index (χ0) is 16.9. The number of methoxy groups -OCH3 is 2. The fourth-order valence-electron chi connectivity index (χ4n) is 1.92. The maximum atomic E-state index is 12.9. The molecule has 22 heavy (non-hydrogen) atoms. The molecule has 0 saturated heterocycles. The van der Waals surface area contributed by atoms with Gasteiger partial charge in [0.2, 0.25) is 0 Å². The molecule has 1 aromatic rings. The number of hydrogen-bond donors (Lipinski definition) is 1. The van der Waals surface area contributed by atoms with Gasteiger partial charge in [-0.2, -0.15) is 0 Å². The van der Waals surface area contributed by atoms with Crippen LogP contribution in [0.2, 0.25) is 0 Å². The molecule has 0 radical (unpaired) electrons. The van der Waals surface area contributed by atoms with Crippen molar-refractivity contribution in [3.8, 4) is 11.5 Å². The number of ether oxygens (including phenoxy) is 2. The van der Waals surface area contributed by atoms with E-state index < -0.39 is 13.4 Å². The number of hydrogen-bond acceptors (Lipinski definition) is 6. The van der Waals surface area contributed by atoms with Crippen LogP contribution in [0.3, 0.4) is 0 Å². The Morgan fingerprint density at radius 2 is 1.45 bits per heavy atom. The molecule has 0 fully saturated rings. The summed E-state index contributed by atoms with van der Waals surface area (Å²) in [6.07, 6.45) is -0.696. The van der Waals surface area contributed by atoms with Crippen LogP contribution >= 0.6 is 7.60 Å². The molecular formula is C15H25O6P. The topological polar surface area (TPSA) is 74.2 Å². The van der Waals surface area contributed by atoms with Crippen molar-refractivity contribution < 1.29 is 28.2 Å². The molecule has 0 aliphatic rings. The Kier molecular flexibility index (Phi) is 6.88. The second-order valence-electron chi connectivity index (χ2n) is 5.34. The molecule has 1 atom stereocenters. The molecule has 0 unspecified atom stereocenters. The normalized spacial score (nSPS) is 13.5. The Labute approximate surface area is 131 Å². The first-order valence-electron chi connectivity index (χ1n) is 7.10. The molecule has 0 bridgehead atoms. The quantitative estimate of drug-likeness (QED) is 0.731. The van der Waals surface area contributed by atoms with E-state index in [1.165, 1.54) is 14.2 Å². The predicted octanol–water partition coefficient (Wildman–Crippen LogP) is 3.74. The fourth-order valence-corrected chi connectivity index (χ4v) is 3.91. The lowest BCUT2D eigenvalue weighted by molar-refractivity contribution is 0.101. The summed E-state index contributed by atoms with van der Waals surface area (Å²) in [5.41, 5.74) is 0.377. The van der Waals surface area contributed by atoms with E-state index in [9.17, 15) is 9.67 Å². The Morgan fingerprint density at radius 1 is 0.955 bits per heavy atom. The Bertz CT molecular complexity index is 515. The molecule has 6 nitrogen and oxygen atoms in total. The van der Waals surface area contributed by atoms with Gasteiger partial charge >= 0.3 is 7.60 Å². The lowest BCUT2D eigenvalue weighted by Gasteiger charge is -2.27. The van der Waals surface area contributed by atoms with E-state index in [-0.39, 0.29) is 12.2 Å². The van der Waals surface area contributed by atoms with Crippen molar-refractivity contribution in [1.29, 1.82) is 0 Å². The van der Waals surface area contributed by atoms with Crippen molar-refractivity contribution in [1.82, 2.24) is 0 Å². The van der Waals surface area contributed by atoms with Gasteiger partial charge in [0.1, 0.15) is 0 Å². The second-order valence-corrected chi connectivity index (χ2v) is 7.33. The van der Waals surface area contributed by atoms with E-state index in [2.05, 4.69) is 0 Å². The maximum absolute atomic E-state index is 12.9. The van der Waals surface area contributed by atoms with Crippen LogP contribution in [0, 0.1) is 0 Å². The van der Waals surface area contributed by atoms with Gasteiger partial charge in [-0.3, -0.25) is 4.57 Å². The maximum Gasteiger partial charge on any atom is 0.363 e. The smallest absolute Gasteiger partial charge is 0.363 e.